The highest BCUT2D eigenvalue weighted by Crippen LogP contribution is 2.36. The number of carbonyl (C=O) groups excluding carboxylic acids is 2. The molecule has 1 saturated heterocycles. The van der Waals surface area contributed by atoms with E-state index >= 15 is 0 Å². The molecule has 0 saturated carbocycles. The van der Waals surface area contributed by atoms with Gasteiger partial charge in [-0.15, -0.1) is 5.10 Å². The average molecular weight is 338 g/mol. The molecular formula is C19H22N4O2. The zero-order valence-electron chi connectivity index (χ0n) is 13.2. The number of hydrogen-bond donors (Lipinski definition) is 1. The van der Waals surface area contributed by atoms with Crippen molar-refractivity contribution in [2.45, 2.75) is 33.1 Å². The molecule has 1 fully saturated rings. The van der Waals surface area contributed by atoms with E-state index in [4.69, 9.17) is 0 Å². The number of anilines is 1. The number of benzene rings is 1. The minimum absolute atomic E-state index is 0. The van der Waals surface area contributed by atoms with Gasteiger partial charge in [-0.1, -0.05) is 49.9 Å². The number of fused-ring (bicyclic) bond motifs is 1. The minimum Gasteiger partial charge on any atom is -0.274 e. The summed E-state index contributed by atoms with van der Waals surface area (Å²) < 4.78 is 0. The van der Waals surface area contributed by atoms with Crippen LogP contribution in [0.3, 0.4) is 0 Å². The highest BCUT2D eigenvalue weighted by atomic mass is 16.2. The van der Waals surface area contributed by atoms with Gasteiger partial charge in [0.05, 0.1) is 11.8 Å². The predicted octanol–water partition coefficient (Wildman–Crippen LogP) is 2.68. The van der Waals surface area contributed by atoms with Gasteiger partial charge in [0.25, 0.3) is 5.95 Å². The summed E-state index contributed by atoms with van der Waals surface area (Å²) in [5, 5.41) is 6.95. The third-order valence-electron chi connectivity index (χ3n) is 4.72. The lowest BCUT2D eigenvalue weighted by Crippen LogP contribution is -2.31. The quantitative estimate of drug-likeness (QED) is 0.687. The van der Waals surface area contributed by atoms with Crippen molar-refractivity contribution in [1.82, 2.24) is 15.2 Å². The molecule has 1 aromatic heterocycles. The summed E-state index contributed by atoms with van der Waals surface area (Å²) in [6.45, 7) is 0. The number of nitrogens with one attached hydrogen (secondary N) is 1. The Morgan fingerprint density at radius 2 is 1.64 bits per heavy atom. The summed E-state index contributed by atoms with van der Waals surface area (Å²) in [6, 6.07) is 10.1. The molecule has 2 unspecified atom stereocenters. The van der Waals surface area contributed by atoms with Gasteiger partial charge in [0.2, 0.25) is 11.8 Å². The van der Waals surface area contributed by atoms with Gasteiger partial charge in [-0.3, -0.25) is 14.7 Å². The summed E-state index contributed by atoms with van der Waals surface area (Å²) in [5.74, 6) is -0.00151. The summed E-state index contributed by atoms with van der Waals surface area (Å²) in [6.07, 6.45) is 6.69. The number of amides is 2. The van der Waals surface area contributed by atoms with E-state index in [2.05, 4.69) is 27.3 Å². The Hall–Kier alpha value is -2.76. The van der Waals surface area contributed by atoms with Crippen LogP contribution in [-0.4, -0.2) is 27.0 Å². The van der Waals surface area contributed by atoms with E-state index < -0.39 is 0 Å². The number of allylic oxidation sites excluding steroid dienone is 2. The van der Waals surface area contributed by atoms with Crippen molar-refractivity contribution in [2.24, 2.45) is 11.8 Å². The standard InChI is InChI=1S/C18H18N4O2.CH4/c23-16-13-8-4-5-9-14(13)17(24)22(16)18-19-15(20-21-18)11-10-12-6-2-1-3-7-12;/h1-7,13-14H,8-11H2,(H,19,20,21);1H4. The van der Waals surface area contributed by atoms with E-state index in [9.17, 15) is 9.59 Å². The zero-order valence-corrected chi connectivity index (χ0v) is 13.2. The van der Waals surface area contributed by atoms with Crippen LogP contribution < -0.4 is 4.90 Å². The first-order valence-corrected chi connectivity index (χ1v) is 8.22. The Morgan fingerprint density at radius 3 is 2.28 bits per heavy atom. The van der Waals surface area contributed by atoms with Crippen LogP contribution in [0.5, 0.6) is 0 Å². The van der Waals surface area contributed by atoms with Gasteiger partial charge < -0.3 is 0 Å². The third-order valence-corrected chi connectivity index (χ3v) is 4.72. The molecule has 1 N–H and O–H groups in total. The molecule has 0 bridgehead atoms. The number of carbonyl (C=O) groups is 2. The first-order valence-electron chi connectivity index (χ1n) is 8.22. The second kappa shape index (κ2) is 7.01. The van der Waals surface area contributed by atoms with Crippen LogP contribution in [0.15, 0.2) is 42.5 Å². The van der Waals surface area contributed by atoms with Crippen LogP contribution in [0.2, 0.25) is 0 Å². The molecule has 2 atom stereocenters. The third kappa shape index (κ3) is 3.12. The van der Waals surface area contributed by atoms with Gasteiger partial charge in [-0.25, -0.2) is 4.90 Å². The molecule has 130 valence electrons. The van der Waals surface area contributed by atoms with Crippen molar-refractivity contribution in [3.05, 3.63) is 53.9 Å². The molecular weight excluding hydrogens is 316 g/mol. The van der Waals surface area contributed by atoms with Gasteiger partial charge in [0.1, 0.15) is 5.82 Å². The van der Waals surface area contributed by atoms with E-state index in [1.807, 2.05) is 30.4 Å². The maximum atomic E-state index is 12.5. The van der Waals surface area contributed by atoms with Gasteiger partial charge in [0, 0.05) is 6.42 Å². The zero-order chi connectivity index (χ0) is 16.5. The van der Waals surface area contributed by atoms with Crippen molar-refractivity contribution >= 4 is 17.8 Å². The van der Waals surface area contributed by atoms with Crippen LogP contribution in [0.4, 0.5) is 5.95 Å². The highest BCUT2D eigenvalue weighted by molar-refractivity contribution is 6.21. The molecule has 0 spiro atoms. The molecule has 2 aliphatic rings. The van der Waals surface area contributed by atoms with Crippen LogP contribution in [0.25, 0.3) is 0 Å². The van der Waals surface area contributed by atoms with Gasteiger partial charge >= 0.3 is 0 Å². The fourth-order valence-electron chi connectivity index (χ4n) is 3.40. The summed E-state index contributed by atoms with van der Waals surface area (Å²) in [5.41, 5.74) is 1.21. The van der Waals surface area contributed by atoms with Gasteiger partial charge in [-0.05, 0) is 24.8 Å². The smallest absolute Gasteiger partial charge is 0.258 e. The van der Waals surface area contributed by atoms with Crippen molar-refractivity contribution in [3.8, 4) is 0 Å². The Balaban J connectivity index is 0.00000182. The molecule has 0 radical (unpaired) electrons. The average Bonchev–Trinajstić information content (AvgIpc) is 3.18. The number of aryl methyl sites for hydroxylation is 2. The Morgan fingerprint density at radius 1 is 1.00 bits per heavy atom. The number of aromatic nitrogens is 3. The number of imide groups is 1. The number of hydrogen-bond acceptors (Lipinski definition) is 4. The first-order chi connectivity index (χ1) is 11.7. The molecule has 2 heterocycles. The van der Waals surface area contributed by atoms with Crippen LogP contribution in [-0.2, 0) is 22.4 Å². The summed E-state index contributed by atoms with van der Waals surface area (Å²) >= 11 is 0. The summed E-state index contributed by atoms with van der Waals surface area (Å²) in [7, 11) is 0. The molecule has 6 nitrogen and oxygen atoms in total. The topological polar surface area (TPSA) is 79.0 Å². The molecule has 1 aliphatic carbocycles. The van der Waals surface area contributed by atoms with Gasteiger partial charge in [-0.2, -0.15) is 4.98 Å². The van der Waals surface area contributed by atoms with Crippen LogP contribution in [0.1, 0.15) is 31.7 Å². The van der Waals surface area contributed by atoms with Crippen LogP contribution in [0, 0.1) is 11.8 Å². The fraction of sp³-hybridized carbons (Fsp3) is 0.368. The molecule has 1 aromatic carbocycles. The SMILES string of the molecule is C.O=C1C2CC=CCC2C(=O)N1c1n[nH]c(CCc2ccccc2)n1. The maximum absolute atomic E-state index is 12.5. The van der Waals surface area contributed by atoms with E-state index in [-0.39, 0.29) is 37.0 Å². The predicted molar refractivity (Wildman–Crippen MR) is 94.8 cm³/mol. The minimum atomic E-state index is -0.256. The Kier molecular flexibility index (Phi) is 4.79. The normalized spacial score (nSPS) is 22.0. The number of rotatable bonds is 4. The summed E-state index contributed by atoms with van der Waals surface area (Å²) in [4.78, 5) is 30.6. The molecule has 4 rings (SSSR count). The highest BCUT2D eigenvalue weighted by Gasteiger charge is 2.49. The molecule has 6 heteroatoms. The van der Waals surface area contributed by atoms with E-state index in [1.54, 1.807) is 0 Å². The number of H-pyrrole nitrogens is 1. The second-order valence-corrected chi connectivity index (χ2v) is 6.24. The largest absolute Gasteiger partial charge is 0.274 e. The first kappa shape index (κ1) is 17.1. The second-order valence-electron chi connectivity index (χ2n) is 6.24. The molecule has 2 aromatic rings. The lowest BCUT2D eigenvalue weighted by atomic mass is 9.85. The van der Waals surface area contributed by atoms with Crippen LogP contribution >= 0.6 is 0 Å². The molecule has 1 aliphatic heterocycles. The maximum Gasteiger partial charge on any atom is 0.258 e. The number of aromatic amines is 1. The van der Waals surface area contributed by atoms with Crippen molar-refractivity contribution in [2.75, 3.05) is 4.90 Å². The van der Waals surface area contributed by atoms with E-state index in [0.29, 0.717) is 25.1 Å². The molecule has 2 amide bonds. The lowest BCUT2D eigenvalue weighted by molar-refractivity contribution is -0.122. The fourth-order valence-corrected chi connectivity index (χ4v) is 3.40. The van der Waals surface area contributed by atoms with Crippen molar-refractivity contribution in [3.63, 3.8) is 0 Å². The van der Waals surface area contributed by atoms with Crippen molar-refractivity contribution in [1.29, 1.82) is 0 Å². The molecule has 25 heavy (non-hydrogen) atoms. The van der Waals surface area contributed by atoms with E-state index in [0.717, 1.165) is 11.3 Å². The van der Waals surface area contributed by atoms with E-state index in [1.165, 1.54) is 5.56 Å². The Labute approximate surface area is 147 Å². The Bertz CT molecular complexity index is 771. The monoisotopic (exact) mass is 338 g/mol. The van der Waals surface area contributed by atoms with Gasteiger partial charge in [0.15, 0.2) is 0 Å². The lowest BCUT2D eigenvalue weighted by Gasteiger charge is -2.14. The van der Waals surface area contributed by atoms with Crippen molar-refractivity contribution < 1.29 is 9.59 Å². The number of nitrogens with zero attached hydrogens (tertiary/aromatic N) is 3.